The zero-order valence-electron chi connectivity index (χ0n) is 23.4. The minimum atomic E-state index is -2.08. The molecule has 1 aliphatic carbocycles. The molecule has 0 aromatic heterocycles. The fourth-order valence-corrected chi connectivity index (χ4v) is 4.82. The number of rotatable bonds is 8. The van der Waals surface area contributed by atoms with Crippen LogP contribution in [0.1, 0.15) is 65.0 Å². The van der Waals surface area contributed by atoms with Crippen molar-refractivity contribution in [3.8, 4) is 5.75 Å². The molecule has 0 heterocycles. The molecule has 38 heavy (non-hydrogen) atoms. The molecule has 2 aromatic rings. The van der Waals surface area contributed by atoms with E-state index in [-0.39, 0.29) is 23.3 Å². The molecule has 0 aliphatic heterocycles. The van der Waals surface area contributed by atoms with E-state index in [2.05, 4.69) is 39.2 Å². The number of benzene rings is 2. The summed E-state index contributed by atoms with van der Waals surface area (Å²) in [7, 11) is -2.08. The van der Waals surface area contributed by atoms with Crippen molar-refractivity contribution in [3.63, 3.8) is 0 Å². The maximum absolute atomic E-state index is 13.4. The molecular formula is C28H38N2O7Si. The van der Waals surface area contributed by atoms with Crippen molar-refractivity contribution in [1.82, 2.24) is 5.32 Å². The second kappa shape index (κ2) is 10.4. The molecule has 1 N–H and O–H groups in total. The predicted molar refractivity (Wildman–Crippen MR) is 147 cm³/mol. The number of hydrogen-bond donors (Lipinski definition) is 1. The van der Waals surface area contributed by atoms with Gasteiger partial charge in [0.1, 0.15) is 23.5 Å². The third-order valence-electron chi connectivity index (χ3n) is 7.01. The van der Waals surface area contributed by atoms with E-state index in [1.807, 2.05) is 24.3 Å². The van der Waals surface area contributed by atoms with Gasteiger partial charge in [-0.2, -0.15) is 0 Å². The van der Waals surface area contributed by atoms with Crippen LogP contribution in [0.3, 0.4) is 0 Å². The molecule has 1 saturated carbocycles. The summed E-state index contributed by atoms with van der Waals surface area (Å²) < 4.78 is 17.5. The van der Waals surface area contributed by atoms with Crippen LogP contribution in [0.25, 0.3) is 0 Å². The van der Waals surface area contributed by atoms with E-state index in [0.717, 1.165) is 11.3 Å². The highest BCUT2D eigenvalue weighted by atomic mass is 28.4. The van der Waals surface area contributed by atoms with Gasteiger partial charge in [-0.3, -0.25) is 10.1 Å². The van der Waals surface area contributed by atoms with Gasteiger partial charge in [-0.05, 0) is 80.7 Å². The molecule has 0 saturated heterocycles. The van der Waals surface area contributed by atoms with Crippen molar-refractivity contribution in [1.29, 1.82) is 0 Å². The van der Waals surface area contributed by atoms with Gasteiger partial charge < -0.3 is 19.2 Å². The summed E-state index contributed by atoms with van der Waals surface area (Å²) in [6, 6.07) is 13.4. The Bertz CT molecular complexity index is 1200. The highest BCUT2D eigenvalue weighted by Crippen LogP contribution is 2.53. The molecule has 0 radical (unpaired) electrons. The Balaban J connectivity index is 1.82. The van der Waals surface area contributed by atoms with E-state index >= 15 is 0 Å². The van der Waals surface area contributed by atoms with E-state index in [0.29, 0.717) is 12.0 Å². The average molecular weight is 543 g/mol. The quantitative estimate of drug-likeness (QED) is 0.176. The Labute approximate surface area is 225 Å². The summed E-state index contributed by atoms with van der Waals surface area (Å²) in [6.07, 6.45) is -0.365. The number of non-ortho nitro benzene ring substituents is 1. The number of nitro groups is 1. The molecule has 3 rings (SSSR count). The predicted octanol–water partition coefficient (Wildman–Crippen LogP) is 6.47. The number of nitro benzene ring substituents is 1. The molecule has 1 aliphatic rings. The van der Waals surface area contributed by atoms with Crippen LogP contribution in [0.15, 0.2) is 48.5 Å². The van der Waals surface area contributed by atoms with Gasteiger partial charge in [-0.25, -0.2) is 9.59 Å². The third kappa shape index (κ3) is 6.92. The number of esters is 1. The van der Waals surface area contributed by atoms with Crippen LogP contribution in [0.2, 0.25) is 18.1 Å². The van der Waals surface area contributed by atoms with E-state index < -0.39 is 36.4 Å². The van der Waals surface area contributed by atoms with Gasteiger partial charge in [-0.1, -0.05) is 32.9 Å². The Hall–Kier alpha value is -3.40. The molecule has 0 unspecified atom stereocenters. The second-order valence-electron chi connectivity index (χ2n) is 12.3. The van der Waals surface area contributed by atoms with Crippen LogP contribution < -0.4 is 9.74 Å². The molecule has 0 spiro atoms. The molecule has 1 amide bonds. The smallest absolute Gasteiger partial charge is 0.408 e. The number of ether oxygens (including phenoxy) is 2. The number of nitrogens with zero attached hydrogens (tertiary/aromatic N) is 1. The van der Waals surface area contributed by atoms with Crippen molar-refractivity contribution >= 4 is 26.1 Å². The summed E-state index contributed by atoms with van der Waals surface area (Å²) in [5.74, 6) is -0.198. The Morgan fingerprint density at radius 2 is 1.71 bits per heavy atom. The van der Waals surface area contributed by atoms with E-state index in [1.165, 1.54) is 24.3 Å². The highest BCUT2D eigenvalue weighted by molar-refractivity contribution is 6.74. The summed E-state index contributed by atoms with van der Waals surface area (Å²) in [4.78, 5) is 36.5. The second-order valence-corrected chi connectivity index (χ2v) is 17.0. The fourth-order valence-electron chi connectivity index (χ4n) is 3.80. The van der Waals surface area contributed by atoms with E-state index in [4.69, 9.17) is 13.9 Å². The molecule has 1 fully saturated rings. The number of alkyl carbamates (subject to hydrolysis) is 1. The van der Waals surface area contributed by atoms with E-state index in [9.17, 15) is 19.7 Å². The van der Waals surface area contributed by atoms with Crippen LogP contribution >= 0.6 is 0 Å². The average Bonchev–Trinajstić information content (AvgIpc) is 3.50. The normalized spacial score (nSPS) is 19.3. The monoisotopic (exact) mass is 542 g/mol. The molecule has 2 atom stereocenters. The first-order chi connectivity index (χ1) is 17.4. The Kier molecular flexibility index (Phi) is 7.98. The maximum Gasteiger partial charge on any atom is 0.408 e. The Morgan fingerprint density at radius 3 is 2.26 bits per heavy atom. The van der Waals surface area contributed by atoms with Crippen LogP contribution in [0, 0.1) is 10.1 Å². The minimum Gasteiger partial charge on any atom is -0.543 e. The van der Waals surface area contributed by atoms with Crippen LogP contribution in [-0.2, 0) is 20.9 Å². The van der Waals surface area contributed by atoms with Gasteiger partial charge in [0.05, 0.1) is 4.92 Å². The molecule has 2 aromatic carbocycles. The maximum atomic E-state index is 13.4. The SMILES string of the molecule is CC(C)(C)OC(=O)N[C@@]1(C(=O)OCc2ccc([N+](=O)[O-])cc2)C[C@@H]1c1cccc(O[Si](C)(C)C(C)(C)C)c1. The van der Waals surface area contributed by atoms with Crippen LogP contribution in [0.4, 0.5) is 10.5 Å². The summed E-state index contributed by atoms with van der Waals surface area (Å²) in [5, 5.41) is 13.7. The van der Waals surface area contributed by atoms with Crippen molar-refractivity contribution < 1.29 is 28.4 Å². The summed E-state index contributed by atoms with van der Waals surface area (Å²) in [6.45, 7) is 16.0. The fraction of sp³-hybridized carbons (Fsp3) is 0.500. The largest absolute Gasteiger partial charge is 0.543 e. The number of carbonyl (C=O) groups is 2. The third-order valence-corrected chi connectivity index (χ3v) is 11.4. The van der Waals surface area contributed by atoms with Gasteiger partial charge in [0.15, 0.2) is 0 Å². The first-order valence-electron chi connectivity index (χ1n) is 12.6. The Morgan fingerprint density at radius 1 is 1.08 bits per heavy atom. The minimum absolute atomic E-state index is 0.0201. The standard InChI is InChI=1S/C28H38N2O7Si/c1-26(2,3)36-25(32)29-28(24(31)35-18-19-12-14-21(15-13-19)30(33)34)17-23(28)20-10-9-11-22(16-20)37-38(7,8)27(4,5)6/h9-16,23H,17-18H2,1-8H3,(H,29,32)/t23-,28+/m1/s1. The lowest BCUT2D eigenvalue weighted by molar-refractivity contribution is -0.384. The molecule has 9 nitrogen and oxygen atoms in total. The molecule has 0 bridgehead atoms. The lowest BCUT2D eigenvalue weighted by Crippen LogP contribution is -2.47. The highest BCUT2D eigenvalue weighted by Gasteiger charge is 2.63. The molecule has 206 valence electrons. The van der Waals surface area contributed by atoms with Crippen molar-refractivity contribution in [2.45, 2.75) is 89.8 Å². The van der Waals surface area contributed by atoms with Crippen LogP contribution in [-0.4, -0.2) is 36.4 Å². The summed E-state index contributed by atoms with van der Waals surface area (Å²) >= 11 is 0. The molecule has 10 heteroatoms. The number of hydrogen-bond acceptors (Lipinski definition) is 7. The van der Waals surface area contributed by atoms with Gasteiger partial charge in [0.25, 0.3) is 5.69 Å². The van der Waals surface area contributed by atoms with Gasteiger partial charge in [-0.15, -0.1) is 0 Å². The van der Waals surface area contributed by atoms with E-state index in [1.54, 1.807) is 20.8 Å². The zero-order chi connectivity index (χ0) is 28.5. The lowest BCUT2D eigenvalue weighted by Gasteiger charge is -2.36. The first-order valence-corrected chi connectivity index (χ1v) is 15.5. The lowest BCUT2D eigenvalue weighted by atomic mass is 10.1. The van der Waals surface area contributed by atoms with Crippen molar-refractivity contribution in [2.75, 3.05) is 0 Å². The zero-order valence-corrected chi connectivity index (χ0v) is 24.4. The number of carbonyl (C=O) groups excluding carboxylic acids is 2. The van der Waals surface area contributed by atoms with Gasteiger partial charge in [0.2, 0.25) is 8.32 Å². The topological polar surface area (TPSA) is 117 Å². The van der Waals surface area contributed by atoms with Crippen LogP contribution in [0.5, 0.6) is 5.75 Å². The molecular weight excluding hydrogens is 504 g/mol. The first kappa shape index (κ1) is 29.2. The van der Waals surface area contributed by atoms with Crippen molar-refractivity contribution in [2.24, 2.45) is 0 Å². The van der Waals surface area contributed by atoms with Gasteiger partial charge in [0, 0.05) is 18.1 Å². The van der Waals surface area contributed by atoms with Crippen molar-refractivity contribution in [3.05, 3.63) is 69.8 Å². The summed E-state index contributed by atoms with van der Waals surface area (Å²) in [5.41, 5.74) is -0.637. The number of nitrogens with one attached hydrogen (secondary N) is 1. The number of amides is 1. The van der Waals surface area contributed by atoms with Gasteiger partial charge >= 0.3 is 12.1 Å².